The van der Waals surface area contributed by atoms with Crippen LogP contribution in [-0.2, 0) is 19.7 Å². The van der Waals surface area contributed by atoms with Crippen LogP contribution in [0.15, 0.2) is 69.8 Å². The molecule has 2 rings (SSSR count). The van der Waals surface area contributed by atoms with Crippen molar-refractivity contribution in [2.24, 2.45) is 0 Å². The number of halogens is 2. The summed E-state index contributed by atoms with van der Waals surface area (Å²) in [5.74, 6) is -0.709. The Balaban J connectivity index is 2.30. The van der Waals surface area contributed by atoms with Crippen LogP contribution < -0.4 is 0 Å². The predicted octanol–water partition coefficient (Wildman–Crippen LogP) is 3.75. The SMILES string of the molecule is C=C(CS(=O)(=O)c1ccc(Cl)cc1)S(=O)(=O)c1ccc(Cl)cc1. The summed E-state index contributed by atoms with van der Waals surface area (Å²) in [7, 11) is -7.80. The van der Waals surface area contributed by atoms with Crippen molar-refractivity contribution >= 4 is 42.9 Å². The summed E-state index contributed by atoms with van der Waals surface area (Å²) in [5.41, 5.74) is 0. The zero-order chi connectivity index (χ0) is 17.3. The highest BCUT2D eigenvalue weighted by Gasteiger charge is 2.25. The third kappa shape index (κ3) is 4.14. The molecule has 8 heteroatoms. The molecule has 0 spiro atoms. The van der Waals surface area contributed by atoms with Gasteiger partial charge in [0.2, 0.25) is 9.84 Å². The normalized spacial score (nSPS) is 12.1. The van der Waals surface area contributed by atoms with Crippen LogP contribution in [0.4, 0.5) is 0 Å². The molecule has 0 unspecified atom stereocenters. The molecule has 0 amide bonds. The summed E-state index contributed by atoms with van der Waals surface area (Å²) in [5, 5.41) is 0.764. The molecule has 0 aliphatic carbocycles. The average Bonchev–Trinajstić information content (AvgIpc) is 2.47. The largest absolute Gasteiger partial charge is 0.223 e. The monoisotopic (exact) mass is 390 g/mol. The smallest absolute Gasteiger partial charge is 0.203 e. The van der Waals surface area contributed by atoms with Crippen molar-refractivity contribution < 1.29 is 16.8 Å². The maximum absolute atomic E-state index is 12.4. The molecule has 4 nitrogen and oxygen atoms in total. The van der Waals surface area contributed by atoms with Gasteiger partial charge in [-0.05, 0) is 48.5 Å². The van der Waals surface area contributed by atoms with Gasteiger partial charge < -0.3 is 0 Å². The topological polar surface area (TPSA) is 68.3 Å². The van der Waals surface area contributed by atoms with Gasteiger partial charge in [0.15, 0.2) is 9.84 Å². The molecule has 0 heterocycles. The molecular formula is C15H12Cl2O4S2. The summed E-state index contributed by atoms with van der Waals surface area (Å²) in [4.78, 5) is -0.484. The van der Waals surface area contributed by atoms with Gasteiger partial charge in [-0.1, -0.05) is 29.8 Å². The van der Waals surface area contributed by atoms with Crippen LogP contribution in [0.5, 0.6) is 0 Å². The van der Waals surface area contributed by atoms with Gasteiger partial charge >= 0.3 is 0 Å². The van der Waals surface area contributed by atoms with E-state index in [1.165, 1.54) is 48.5 Å². The molecule has 0 fully saturated rings. The molecule has 23 heavy (non-hydrogen) atoms. The lowest BCUT2D eigenvalue weighted by molar-refractivity contribution is 0.592. The number of hydrogen-bond donors (Lipinski definition) is 0. The lowest BCUT2D eigenvalue weighted by Crippen LogP contribution is -2.15. The first-order chi connectivity index (χ1) is 10.6. The van der Waals surface area contributed by atoms with Crippen molar-refractivity contribution in [3.8, 4) is 0 Å². The van der Waals surface area contributed by atoms with Crippen LogP contribution in [0.3, 0.4) is 0 Å². The lowest BCUT2D eigenvalue weighted by Gasteiger charge is -2.09. The quantitative estimate of drug-likeness (QED) is 0.779. The zero-order valence-corrected chi connectivity index (χ0v) is 14.9. The van der Waals surface area contributed by atoms with Crippen LogP contribution in [0, 0.1) is 0 Å². The summed E-state index contributed by atoms with van der Waals surface area (Å²) in [6.07, 6.45) is 0. The number of rotatable bonds is 5. The number of sulfone groups is 2. The van der Waals surface area contributed by atoms with Gasteiger partial charge in [0.1, 0.15) is 0 Å². The van der Waals surface area contributed by atoms with Gasteiger partial charge in [-0.25, -0.2) is 16.8 Å². The van der Waals surface area contributed by atoms with Crippen LogP contribution in [0.1, 0.15) is 0 Å². The minimum atomic E-state index is -3.96. The Morgan fingerprint density at radius 2 is 1.17 bits per heavy atom. The highest BCUT2D eigenvalue weighted by molar-refractivity contribution is 7.98. The Morgan fingerprint density at radius 3 is 1.61 bits per heavy atom. The van der Waals surface area contributed by atoms with Crippen molar-refractivity contribution in [1.29, 1.82) is 0 Å². The van der Waals surface area contributed by atoms with Gasteiger partial charge in [-0.15, -0.1) is 0 Å². The Kier molecular flexibility index (Phi) is 5.20. The molecule has 0 aliphatic heterocycles. The van der Waals surface area contributed by atoms with Crippen molar-refractivity contribution in [1.82, 2.24) is 0 Å². The molecule has 0 aliphatic rings. The van der Waals surface area contributed by atoms with Crippen molar-refractivity contribution in [2.75, 3.05) is 5.75 Å². The van der Waals surface area contributed by atoms with Crippen molar-refractivity contribution in [3.05, 3.63) is 70.1 Å². The molecule has 0 saturated heterocycles. The third-order valence-electron chi connectivity index (χ3n) is 3.03. The van der Waals surface area contributed by atoms with Gasteiger partial charge in [-0.3, -0.25) is 0 Å². The van der Waals surface area contributed by atoms with E-state index in [2.05, 4.69) is 6.58 Å². The van der Waals surface area contributed by atoms with E-state index in [0.29, 0.717) is 10.0 Å². The molecule has 0 atom stereocenters. The van der Waals surface area contributed by atoms with Crippen molar-refractivity contribution in [2.45, 2.75) is 9.79 Å². The summed E-state index contributed by atoms with van der Waals surface area (Å²) < 4.78 is 49.3. The van der Waals surface area contributed by atoms with Crippen molar-refractivity contribution in [3.63, 3.8) is 0 Å². The number of hydrogen-bond acceptors (Lipinski definition) is 4. The molecule has 0 aromatic heterocycles. The fourth-order valence-electron chi connectivity index (χ4n) is 1.80. The maximum atomic E-state index is 12.4. The van der Waals surface area contributed by atoms with E-state index in [1.807, 2.05) is 0 Å². The van der Waals surface area contributed by atoms with E-state index >= 15 is 0 Å². The van der Waals surface area contributed by atoms with Crippen LogP contribution >= 0.6 is 23.2 Å². The fourth-order valence-corrected chi connectivity index (χ4v) is 5.10. The molecule has 122 valence electrons. The third-order valence-corrected chi connectivity index (χ3v) is 7.23. The first-order valence-electron chi connectivity index (χ1n) is 6.30. The van der Waals surface area contributed by atoms with E-state index in [0.717, 1.165) is 0 Å². The molecule has 0 radical (unpaired) electrons. The summed E-state index contributed by atoms with van der Waals surface area (Å²) >= 11 is 11.4. The molecule has 2 aromatic carbocycles. The fraction of sp³-hybridized carbons (Fsp3) is 0.0667. The Hall–Kier alpha value is -1.34. The zero-order valence-electron chi connectivity index (χ0n) is 11.7. The second kappa shape index (κ2) is 6.65. The predicted molar refractivity (Wildman–Crippen MR) is 91.3 cm³/mol. The van der Waals surface area contributed by atoms with Gasteiger partial charge in [-0.2, -0.15) is 0 Å². The highest BCUT2D eigenvalue weighted by atomic mass is 35.5. The van der Waals surface area contributed by atoms with Crippen LogP contribution in [0.2, 0.25) is 10.0 Å². The van der Waals surface area contributed by atoms with Gasteiger partial charge in [0, 0.05) is 10.0 Å². The van der Waals surface area contributed by atoms with Gasteiger partial charge in [0.05, 0.1) is 20.4 Å². The van der Waals surface area contributed by atoms with E-state index in [4.69, 9.17) is 23.2 Å². The first-order valence-corrected chi connectivity index (χ1v) is 10.2. The Labute approximate surface area is 145 Å². The maximum Gasteiger partial charge on any atom is 0.203 e. The minimum absolute atomic E-state index is 0.0191. The second-order valence-electron chi connectivity index (χ2n) is 4.71. The Morgan fingerprint density at radius 1 is 0.783 bits per heavy atom. The van der Waals surface area contributed by atoms with Crippen LogP contribution in [0.25, 0.3) is 0 Å². The standard InChI is InChI=1S/C15H12Cl2O4S2/c1-11(23(20,21)15-8-4-13(17)5-9-15)10-22(18,19)14-6-2-12(16)3-7-14/h2-9H,1,10H2. The summed E-state index contributed by atoms with van der Waals surface area (Å²) in [6.45, 7) is 3.43. The molecular weight excluding hydrogens is 379 g/mol. The Bertz CT molecular complexity index is 930. The molecule has 2 aromatic rings. The number of benzene rings is 2. The van der Waals surface area contributed by atoms with E-state index in [1.54, 1.807) is 0 Å². The molecule has 0 bridgehead atoms. The van der Waals surface area contributed by atoms with E-state index < -0.39 is 30.3 Å². The molecule has 0 saturated carbocycles. The lowest BCUT2D eigenvalue weighted by atomic mass is 10.4. The summed E-state index contributed by atoms with van der Waals surface area (Å²) in [6, 6.07) is 10.9. The highest BCUT2D eigenvalue weighted by Crippen LogP contribution is 2.24. The van der Waals surface area contributed by atoms with E-state index in [-0.39, 0.29) is 9.79 Å². The van der Waals surface area contributed by atoms with Gasteiger partial charge in [0.25, 0.3) is 0 Å². The first kappa shape index (κ1) is 18.0. The second-order valence-corrected chi connectivity index (χ2v) is 9.63. The molecule has 0 N–H and O–H groups in total. The average molecular weight is 391 g/mol. The van der Waals surface area contributed by atoms with E-state index in [9.17, 15) is 16.8 Å². The minimum Gasteiger partial charge on any atom is -0.223 e. The van der Waals surface area contributed by atoms with Crippen LogP contribution in [-0.4, -0.2) is 22.6 Å².